The van der Waals surface area contributed by atoms with E-state index in [0.717, 1.165) is 35.2 Å². The molecule has 1 N–H and O–H groups in total. The maximum atomic E-state index is 4.26. The number of nitrogens with one attached hydrogen (secondary N) is 1. The number of rotatable bonds is 4. The molecule has 4 nitrogen and oxygen atoms in total. The first kappa shape index (κ1) is 11.4. The maximum Gasteiger partial charge on any atom is 0.208 e. The van der Waals surface area contributed by atoms with Crippen molar-refractivity contribution in [2.75, 3.05) is 24.5 Å². The van der Waals surface area contributed by atoms with Gasteiger partial charge < -0.3 is 10.2 Å². The van der Waals surface area contributed by atoms with Crippen molar-refractivity contribution in [1.82, 2.24) is 15.5 Å². The summed E-state index contributed by atoms with van der Waals surface area (Å²) in [5.41, 5.74) is 0. The van der Waals surface area contributed by atoms with Gasteiger partial charge in [-0.25, -0.2) is 0 Å². The second-order valence-electron chi connectivity index (χ2n) is 5.24. The highest BCUT2D eigenvalue weighted by atomic mass is 32.1. The van der Waals surface area contributed by atoms with Gasteiger partial charge in [-0.15, -0.1) is 10.2 Å². The number of nitrogens with zero attached hydrogens (tertiary/aromatic N) is 3. The third kappa shape index (κ3) is 2.96. The number of aryl methyl sites for hydroxylation is 1. The van der Waals surface area contributed by atoms with Crippen molar-refractivity contribution in [3.8, 4) is 0 Å². The smallest absolute Gasteiger partial charge is 0.208 e. The van der Waals surface area contributed by atoms with Crippen molar-refractivity contribution < 1.29 is 0 Å². The van der Waals surface area contributed by atoms with Gasteiger partial charge in [0.15, 0.2) is 0 Å². The predicted molar refractivity (Wildman–Crippen MR) is 70.6 cm³/mol. The summed E-state index contributed by atoms with van der Waals surface area (Å²) in [6.07, 6.45) is 5.40. The van der Waals surface area contributed by atoms with Gasteiger partial charge in [-0.3, -0.25) is 0 Å². The molecule has 1 atom stereocenters. The Kier molecular flexibility index (Phi) is 3.29. The van der Waals surface area contributed by atoms with Crippen LogP contribution in [0.2, 0.25) is 0 Å². The lowest BCUT2D eigenvalue weighted by Gasteiger charge is -2.32. The first-order chi connectivity index (χ1) is 8.31. The number of hydrogen-bond acceptors (Lipinski definition) is 5. The molecule has 1 unspecified atom stereocenters. The zero-order valence-electron chi connectivity index (χ0n) is 10.4. The van der Waals surface area contributed by atoms with E-state index in [9.17, 15) is 0 Å². The van der Waals surface area contributed by atoms with E-state index in [1.165, 1.54) is 32.2 Å². The second kappa shape index (κ2) is 4.90. The van der Waals surface area contributed by atoms with Crippen LogP contribution in [0.3, 0.4) is 0 Å². The van der Waals surface area contributed by atoms with E-state index >= 15 is 0 Å². The summed E-state index contributed by atoms with van der Waals surface area (Å²) in [4.78, 5) is 2.41. The molecule has 1 aliphatic heterocycles. The Balaban J connectivity index is 1.54. The lowest BCUT2D eigenvalue weighted by molar-refractivity contribution is 0.390. The number of hydrogen-bond donors (Lipinski definition) is 1. The minimum absolute atomic E-state index is 0.786. The quantitative estimate of drug-likeness (QED) is 0.887. The van der Waals surface area contributed by atoms with Crippen molar-refractivity contribution in [2.24, 2.45) is 5.92 Å². The third-order valence-electron chi connectivity index (χ3n) is 3.58. The molecule has 2 heterocycles. The fourth-order valence-electron chi connectivity index (χ4n) is 2.44. The van der Waals surface area contributed by atoms with Crippen LogP contribution >= 0.6 is 11.3 Å². The SMILES string of the molecule is Cc1nnc(N2CCCC(CNC3CC3)C2)s1. The molecule has 1 aromatic heterocycles. The Morgan fingerprint density at radius 3 is 2.94 bits per heavy atom. The summed E-state index contributed by atoms with van der Waals surface area (Å²) in [6.45, 7) is 5.50. The summed E-state index contributed by atoms with van der Waals surface area (Å²) in [5, 5.41) is 14.2. The van der Waals surface area contributed by atoms with Crippen molar-refractivity contribution in [1.29, 1.82) is 0 Å². The first-order valence-corrected chi connectivity index (χ1v) is 7.41. The Morgan fingerprint density at radius 2 is 2.24 bits per heavy atom. The van der Waals surface area contributed by atoms with Crippen LogP contribution in [0.25, 0.3) is 0 Å². The highest BCUT2D eigenvalue weighted by Crippen LogP contribution is 2.26. The zero-order chi connectivity index (χ0) is 11.7. The average molecular weight is 252 g/mol. The molecule has 1 saturated heterocycles. The van der Waals surface area contributed by atoms with E-state index in [-0.39, 0.29) is 0 Å². The van der Waals surface area contributed by atoms with Crippen molar-refractivity contribution >= 4 is 16.5 Å². The highest BCUT2D eigenvalue weighted by molar-refractivity contribution is 7.15. The fraction of sp³-hybridized carbons (Fsp3) is 0.833. The molecule has 2 aliphatic rings. The van der Waals surface area contributed by atoms with Gasteiger partial charge in [0.05, 0.1) is 0 Å². The van der Waals surface area contributed by atoms with Crippen LogP contribution in [-0.2, 0) is 0 Å². The molecule has 2 fully saturated rings. The summed E-state index contributed by atoms with van der Waals surface area (Å²) in [6, 6.07) is 0.828. The molecule has 1 aliphatic carbocycles. The second-order valence-corrected chi connectivity index (χ2v) is 6.40. The molecular formula is C12H20N4S. The van der Waals surface area contributed by atoms with Gasteiger partial charge in [0.2, 0.25) is 5.13 Å². The van der Waals surface area contributed by atoms with E-state index in [0.29, 0.717) is 0 Å². The minimum Gasteiger partial charge on any atom is -0.346 e. The molecule has 0 bridgehead atoms. The van der Waals surface area contributed by atoms with Gasteiger partial charge in [-0.05, 0) is 45.1 Å². The van der Waals surface area contributed by atoms with E-state index in [1.54, 1.807) is 11.3 Å². The lowest BCUT2D eigenvalue weighted by Crippen LogP contribution is -2.40. The largest absolute Gasteiger partial charge is 0.346 e. The molecule has 0 amide bonds. The van der Waals surface area contributed by atoms with Gasteiger partial charge in [0.1, 0.15) is 5.01 Å². The van der Waals surface area contributed by atoms with E-state index < -0.39 is 0 Å². The van der Waals surface area contributed by atoms with Crippen LogP contribution in [0.5, 0.6) is 0 Å². The standard InChI is InChI=1S/C12H20N4S/c1-9-14-15-12(17-9)16-6-2-3-10(8-16)7-13-11-4-5-11/h10-11,13H,2-8H2,1H3. The van der Waals surface area contributed by atoms with Crippen molar-refractivity contribution in [3.63, 3.8) is 0 Å². The number of anilines is 1. The summed E-state index contributed by atoms with van der Waals surface area (Å²) < 4.78 is 0. The molecule has 0 radical (unpaired) electrons. The maximum absolute atomic E-state index is 4.26. The van der Waals surface area contributed by atoms with Crippen LogP contribution in [0.4, 0.5) is 5.13 Å². The minimum atomic E-state index is 0.786. The van der Waals surface area contributed by atoms with Crippen LogP contribution in [0.15, 0.2) is 0 Å². The molecule has 0 spiro atoms. The fourth-order valence-corrected chi connectivity index (χ4v) is 3.16. The Hall–Kier alpha value is -0.680. The van der Waals surface area contributed by atoms with Gasteiger partial charge >= 0.3 is 0 Å². The molecule has 1 aromatic rings. The molecular weight excluding hydrogens is 232 g/mol. The molecule has 17 heavy (non-hydrogen) atoms. The summed E-state index contributed by atoms with van der Waals surface area (Å²) >= 11 is 1.72. The molecule has 3 rings (SSSR count). The summed E-state index contributed by atoms with van der Waals surface area (Å²) in [5.74, 6) is 0.786. The van der Waals surface area contributed by atoms with Crippen molar-refractivity contribution in [2.45, 2.75) is 38.6 Å². The monoisotopic (exact) mass is 252 g/mol. The van der Waals surface area contributed by atoms with E-state index in [2.05, 4.69) is 20.4 Å². The van der Waals surface area contributed by atoms with Crippen molar-refractivity contribution in [3.05, 3.63) is 5.01 Å². The molecule has 1 saturated carbocycles. The van der Waals surface area contributed by atoms with Crippen LogP contribution in [-0.4, -0.2) is 35.9 Å². The van der Waals surface area contributed by atoms with Gasteiger partial charge in [0.25, 0.3) is 0 Å². The van der Waals surface area contributed by atoms with Gasteiger partial charge in [-0.2, -0.15) is 0 Å². The number of aromatic nitrogens is 2. The van der Waals surface area contributed by atoms with E-state index in [1.807, 2.05) is 6.92 Å². The predicted octanol–water partition coefficient (Wildman–Crippen LogP) is 1.81. The highest BCUT2D eigenvalue weighted by Gasteiger charge is 2.25. The normalized spacial score (nSPS) is 25.2. The lowest BCUT2D eigenvalue weighted by atomic mass is 9.98. The Labute approximate surface area is 106 Å². The molecule has 94 valence electrons. The topological polar surface area (TPSA) is 41.1 Å². The molecule has 0 aromatic carbocycles. The van der Waals surface area contributed by atoms with Crippen LogP contribution in [0, 0.1) is 12.8 Å². The van der Waals surface area contributed by atoms with Gasteiger partial charge in [-0.1, -0.05) is 11.3 Å². The zero-order valence-corrected chi connectivity index (χ0v) is 11.2. The Morgan fingerprint density at radius 1 is 1.35 bits per heavy atom. The third-order valence-corrected chi connectivity index (χ3v) is 4.48. The van der Waals surface area contributed by atoms with E-state index in [4.69, 9.17) is 0 Å². The Bertz CT molecular complexity index is 374. The average Bonchev–Trinajstić information content (AvgIpc) is 3.08. The molecule has 5 heteroatoms. The first-order valence-electron chi connectivity index (χ1n) is 6.59. The van der Waals surface area contributed by atoms with Crippen LogP contribution in [0.1, 0.15) is 30.7 Å². The number of piperidine rings is 1. The van der Waals surface area contributed by atoms with Gasteiger partial charge in [0, 0.05) is 19.1 Å². The van der Waals surface area contributed by atoms with Crippen LogP contribution < -0.4 is 10.2 Å². The summed E-state index contributed by atoms with van der Waals surface area (Å²) in [7, 11) is 0.